The zero-order valence-electron chi connectivity index (χ0n) is 14.6. The molecule has 24 heavy (non-hydrogen) atoms. The van der Waals surface area contributed by atoms with Gasteiger partial charge in [0.2, 0.25) is 10.0 Å². The molecule has 2 rings (SSSR count). The van der Waals surface area contributed by atoms with Gasteiger partial charge in [0.25, 0.3) is 5.91 Å². The monoisotopic (exact) mass is 353 g/mol. The van der Waals surface area contributed by atoms with Crippen molar-refractivity contribution < 1.29 is 13.2 Å². The Morgan fingerprint density at radius 3 is 2.54 bits per heavy atom. The highest BCUT2D eigenvalue weighted by Gasteiger charge is 2.21. The number of benzene rings is 1. The maximum absolute atomic E-state index is 12.4. The Morgan fingerprint density at radius 2 is 1.96 bits per heavy atom. The number of anilines is 1. The van der Waals surface area contributed by atoms with E-state index in [1.165, 1.54) is 0 Å². The van der Waals surface area contributed by atoms with Crippen molar-refractivity contribution >= 4 is 21.6 Å². The van der Waals surface area contributed by atoms with E-state index in [0.29, 0.717) is 11.3 Å². The van der Waals surface area contributed by atoms with Crippen LogP contribution >= 0.6 is 0 Å². The van der Waals surface area contributed by atoms with Crippen molar-refractivity contribution in [1.82, 2.24) is 10.2 Å². The SMILES string of the molecule is CCCN1CCC(NC(=O)c2ccc(C)c(NS(C)(=O)=O)c2)CC1. The summed E-state index contributed by atoms with van der Waals surface area (Å²) in [6.45, 7) is 7.10. The molecular formula is C17H27N3O3S. The molecule has 2 N–H and O–H groups in total. The lowest BCUT2D eigenvalue weighted by Crippen LogP contribution is -2.44. The summed E-state index contributed by atoms with van der Waals surface area (Å²) in [7, 11) is -3.37. The maximum atomic E-state index is 12.4. The molecule has 0 bridgehead atoms. The lowest BCUT2D eigenvalue weighted by molar-refractivity contribution is 0.0911. The first-order chi connectivity index (χ1) is 11.3. The van der Waals surface area contributed by atoms with Crippen LogP contribution in [0.2, 0.25) is 0 Å². The number of piperidine rings is 1. The molecule has 0 aromatic heterocycles. The third kappa shape index (κ3) is 5.49. The minimum absolute atomic E-state index is 0.152. The van der Waals surface area contributed by atoms with Gasteiger partial charge in [-0.15, -0.1) is 0 Å². The van der Waals surface area contributed by atoms with Crippen LogP contribution in [0.3, 0.4) is 0 Å². The molecule has 1 aromatic rings. The third-order valence-electron chi connectivity index (χ3n) is 4.26. The van der Waals surface area contributed by atoms with E-state index in [2.05, 4.69) is 21.9 Å². The largest absolute Gasteiger partial charge is 0.349 e. The van der Waals surface area contributed by atoms with Gasteiger partial charge in [0.15, 0.2) is 0 Å². The Bertz CT molecular complexity index is 680. The third-order valence-corrected chi connectivity index (χ3v) is 4.85. The quantitative estimate of drug-likeness (QED) is 0.820. The predicted octanol–water partition coefficient (Wildman–Crippen LogP) is 1.97. The van der Waals surface area contributed by atoms with Gasteiger partial charge in [0, 0.05) is 24.7 Å². The first kappa shape index (κ1) is 18.7. The molecule has 7 heteroatoms. The van der Waals surface area contributed by atoms with Gasteiger partial charge in [0.1, 0.15) is 0 Å². The van der Waals surface area contributed by atoms with Gasteiger partial charge in [-0.25, -0.2) is 8.42 Å². The van der Waals surface area contributed by atoms with Gasteiger partial charge >= 0.3 is 0 Å². The fraction of sp³-hybridized carbons (Fsp3) is 0.588. The molecule has 1 aliphatic heterocycles. The summed E-state index contributed by atoms with van der Waals surface area (Å²) in [5.41, 5.74) is 1.70. The highest BCUT2D eigenvalue weighted by molar-refractivity contribution is 7.92. The summed E-state index contributed by atoms with van der Waals surface area (Å²) in [6, 6.07) is 5.26. The van der Waals surface area contributed by atoms with Gasteiger partial charge < -0.3 is 10.2 Å². The van der Waals surface area contributed by atoms with Crippen LogP contribution in [0.4, 0.5) is 5.69 Å². The van der Waals surface area contributed by atoms with E-state index in [4.69, 9.17) is 0 Å². The molecule has 1 fully saturated rings. The Balaban J connectivity index is 1.99. The lowest BCUT2D eigenvalue weighted by atomic mass is 10.0. The van der Waals surface area contributed by atoms with Gasteiger partial charge in [-0.3, -0.25) is 9.52 Å². The summed E-state index contributed by atoms with van der Waals surface area (Å²) in [6.07, 6.45) is 4.15. The van der Waals surface area contributed by atoms with E-state index in [-0.39, 0.29) is 11.9 Å². The molecule has 134 valence electrons. The van der Waals surface area contributed by atoms with Crippen molar-refractivity contribution in [3.05, 3.63) is 29.3 Å². The smallest absolute Gasteiger partial charge is 0.251 e. The summed E-state index contributed by atoms with van der Waals surface area (Å²) in [5, 5.41) is 3.06. The summed E-state index contributed by atoms with van der Waals surface area (Å²) in [4.78, 5) is 14.9. The molecule has 0 unspecified atom stereocenters. The van der Waals surface area contributed by atoms with Crippen molar-refractivity contribution in [3.63, 3.8) is 0 Å². The molecule has 0 spiro atoms. The molecule has 1 aromatic carbocycles. The van der Waals surface area contributed by atoms with E-state index in [1.807, 2.05) is 0 Å². The van der Waals surface area contributed by atoms with E-state index in [9.17, 15) is 13.2 Å². The van der Waals surface area contributed by atoms with Gasteiger partial charge in [0.05, 0.1) is 11.9 Å². The zero-order chi connectivity index (χ0) is 17.7. The van der Waals surface area contributed by atoms with Crippen LogP contribution in [0.15, 0.2) is 18.2 Å². The second-order valence-corrected chi connectivity index (χ2v) is 8.24. The summed E-state index contributed by atoms with van der Waals surface area (Å²) < 4.78 is 25.3. The number of hydrogen-bond donors (Lipinski definition) is 2. The maximum Gasteiger partial charge on any atom is 0.251 e. The van der Waals surface area contributed by atoms with Gasteiger partial charge in [-0.2, -0.15) is 0 Å². The van der Waals surface area contributed by atoms with Gasteiger partial charge in [-0.1, -0.05) is 13.0 Å². The molecule has 0 aliphatic carbocycles. The molecule has 1 aliphatic rings. The topological polar surface area (TPSA) is 78.5 Å². The lowest BCUT2D eigenvalue weighted by Gasteiger charge is -2.32. The van der Waals surface area contributed by atoms with Crippen molar-refractivity contribution in [2.45, 2.75) is 39.2 Å². The van der Waals surface area contributed by atoms with Crippen molar-refractivity contribution in [2.75, 3.05) is 30.6 Å². The number of nitrogens with zero attached hydrogens (tertiary/aromatic N) is 1. The average molecular weight is 353 g/mol. The summed E-state index contributed by atoms with van der Waals surface area (Å²) >= 11 is 0. The minimum atomic E-state index is -3.37. The zero-order valence-corrected chi connectivity index (χ0v) is 15.4. The van der Waals surface area contributed by atoms with E-state index < -0.39 is 10.0 Å². The van der Waals surface area contributed by atoms with Crippen molar-refractivity contribution in [3.8, 4) is 0 Å². The first-order valence-corrected chi connectivity index (χ1v) is 10.3. The number of likely N-dealkylation sites (tertiary alicyclic amines) is 1. The fourth-order valence-electron chi connectivity index (χ4n) is 2.96. The highest BCUT2D eigenvalue weighted by Crippen LogP contribution is 2.19. The first-order valence-electron chi connectivity index (χ1n) is 8.40. The molecule has 0 atom stereocenters. The normalized spacial score (nSPS) is 16.8. The molecule has 0 saturated carbocycles. The second kappa shape index (κ2) is 7.98. The standard InChI is InChI=1S/C17H27N3O3S/c1-4-9-20-10-7-15(8-11-20)18-17(21)14-6-5-13(2)16(12-14)19-24(3,22)23/h5-6,12,15,19H,4,7-11H2,1-3H3,(H,18,21). The van der Waals surface area contributed by atoms with E-state index in [0.717, 1.165) is 50.7 Å². The van der Waals surface area contributed by atoms with Crippen molar-refractivity contribution in [1.29, 1.82) is 0 Å². The Kier molecular flexibility index (Phi) is 6.23. The molecule has 0 radical (unpaired) electrons. The Morgan fingerprint density at radius 1 is 1.29 bits per heavy atom. The number of hydrogen-bond acceptors (Lipinski definition) is 4. The number of aryl methyl sites for hydroxylation is 1. The number of carbonyl (C=O) groups is 1. The van der Waals surface area contributed by atoms with Crippen LogP contribution in [0.25, 0.3) is 0 Å². The van der Waals surface area contributed by atoms with Crippen LogP contribution in [0, 0.1) is 6.92 Å². The van der Waals surface area contributed by atoms with Crippen LogP contribution in [0.1, 0.15) is 42.1 Å². The average Bonchev–Trinajstić information content (AvgIpc) is 2.50. The van der Waals surface area contributed by atoms with E-state index >= 15 is 0 Å². The number of sulfonamides is 1. The fourth-order valence-corrected chi connectivity index (χ4v) is 3.58. The Labute approximate surface area is 144 Å². The molecule has 1 heterocycles. The number of rotatable bonds is 6. The van der Waals surface area contributed by atoms with E-state index in [1.54, 1.807) is 25.1 Å². The van der Waals surface area contributed by atoms with Crippen molar-refractivity contribution in [2.24, 2.45) is 0 Å². The number of carbonyl (C=O) groups excluding carboxylic acids is 1. The summed E-state index contributed by atoms with van der Waals surface area (Å²) in [5.74, 6) is -0.152. The molecule has 1 saturated heterocycles. The highest BCUT2D eigenvalue weighted by atomic mass is 32.2. The van der Waals surface area contributed by atoms with Crippen LogP contribution in [0.5, 0.6) is 0 Å². The van der Waals surface area contributed by atoms with Crippen LogP contribution in [-0.4, -0.2) is 51.2 Å². The van der Waals surface area contributed by atoms with Gasteiger partial charge in [-0.05, 0) is 50.4 Å². The van der Waals surface area contributed by atoms with Crippen LogP contribution in [-0.2, 0) is 10.0 Å². The second-order valence-electron chi connectivity index (χ2n) is 6.49. The Hall–Kier alpha value is -1.60. The number of nitrogens with one attached hydrogen (secondary N) is 2. The van der Waals surface area contributed by atoms with Crippen LogP contribution < -0.4 is 10.0 Å². The predicted molar refractivity (Wildman–Crippen MR) is 96.9 cm³/mol. The molecule has 6 nitrogen and oxygen atoms in total. The number of amides is 1. The minimum Gasteiger partial charge on any atom is -0.349 e. The molecule has 1 amide bonds. The molecular weight excluding hydrogens is 326 g/mol.